The van der Waals surface area contributed by atoms with Gasteiger partial charge in [-0.3, -0.25) is 9.69 Å². The first-order valence-electron chi connectivity index (χ1n) is 7.81. The molecule has 0 unspecified atom stereocenters. The van der Waals surface area contributed by atoms with Crippen LogP contribution in [0.1, 0.15) is 10.4 Å². The van der Waals surface area contributed by atoms with Crippen molar-refractivity contribution >= 4 is 44.5 Å². The molecule has 2 N–H and O–H groups in total. The van der Waals surface area contributed by atoms with Crippen molar-refractivity contribution in [1.82, 2.24) is 4.98 Å². The highest BCUT2D eigenvalue weighted by Gasteiger charge is 2.22. The molecule has 0 aliphatic rings. The highest BCUT2D eigenvalue weighted by atomic mass is 32.1. The third kappa shape index (κ3) is 2.86. The monoisotopic (exact) mass is 345 g/mol. The van der Waals surface area contributed by atoms with Crippen molar-refractivity contribution in [3.8, 4) is 0 Å². The van der Waals surface area contributed by atoms with E-state index in [1.54, 1.807) is 39.9 Å². The molecule has 0 saturated carbocycles. The maximum absolute atomic E-state index is 13.2. The predicted octanol–water partition coefficient (Wildman–Crippen LogP) is 4.86. The van der Waals surface area contributed by atoms with Crippen LogP contribution in [0.15, 0.2) is 78.3 Å². The third-order valence-electron chi connectivity index (χ3n) is 3.97. The first-order valence-corrected chi connectivity index (χ1v) is 8.69. The van der Waals surface area contributed by atoms with Gasteiger partial charge in [0.2, 0.25) is 0 Å². The molecule has 25 heavy (non-hydrogen) atoms. The zero-order chi connectivity index (χ0) is 17.2. The summed E-state index contributed by atoms with van der Waals surface area (Å²) in [7, 11) is 0. The average molecular weight is 345 g/mol. The molecule has 0 atom stereocenters. The highest BCUT2D eigenvalue weighted by Crippen LogP contribution is 2.34. The van der Waals surface area contributed by atoms with Gasteiger partial charge in [0.15, 0.2) is 0 Å². The van der Waals surface area contributed by atoms with E-state index in [1.807, 2.05) is 54.6 Å². The normalized spacial score (nSPS) is 10.7. The molecule has 5 heteroatoms. The molecule has 4 nitrogen and oxygen atoms in total. The number of aromatic nitrogens is 1. The van der Waals surface area contributed by atoms with E-state index in [1.165, 1.54) is 0 Å². The highest BCUT2D eigenvalue weighted by molar-refractivity contribution is 7.16. The second-order valence-corrected chi connectivity index (χ2v) is 6.46. The Bertz CT molecular complexity index is 1040. The summed E-state index contributed by atoms with van der Waals surface area (Å²) in [5.74, 6) is -0.123. The second kappa shape index (κ2) is 6.37. The number of rotatable bonds is 3. The minimum Gasteiger partial charge on any atom is -0.397 e. The van der Waals surface area contributed by atoms with Crippen LogP contribution in [0.5, 0.6) is 0 Å². The van der Waals surface area contributed by atoms with Crippen LogP contribution in [-0.4, -0.2) is 10.9 Å². The van der Waals surface area contributed by atoms with E-state index < -0.39 is 0 Å². The van der Waals surface area contributed by atoms with Gasteiger partial charge >= 0.3 is 0 Å². The number of carbonyl (C=O) groups excluding carboxylic acids is 1. The van der Waals surface area contributed by atoms with Crippen LogP contribution in [0.4, 0.5) is 17.1 Å². The Morgan fingerprint density at radius 1 is 0.960 bits per heavy atom. The van der Waals surface area contributed by atoms with Gasteiger partial charge in [-0.1, -0.05) is 30.3 Å². The summed E-state index contributed by atoms with van der Waals surface area (Å²) in [6.07, 6.45) is 0. The van der Waals surface area contributed by atoms with Crippen LogP contribution in [0, 0.1) is 0 Å². The zero-order valence-electron chi connectivity index (χ0n) is 13.3. The number of nitrogens with two attached hydrogens (primary N) is 1. The standard InChI is InChI=1S/C20H15N3OS/c21-16-8-4-5-9-18(16)23(20(24)14-6-2-1-3-7-14)15-10-11-17-19(12-15)25-13-22-17/h1-13H,21H2. The number of para-hydroxylation sites is 2. The Morgan fingerprint density at radius 2 is 1.72 bits per heavy atom. The van der Waals surface area contributed by atoms with Gasteiger partial charge in [-0.15, -0.1) is 11.3 Å². The summed E-state index contributed by atoms with van der Waals surface area (Å²) in [6, 6.07) is 22.4. The lowest BCUT2D eigenvalue weighted by Gasteiger charge is -2.24. The fraction of sp³-hybridized carbons (Fsp3) is 0. The van der Waals surface area contributed by atoms with E-state index in [4.69, 9.17) is 5.73 Å². The molecule has 0 radical (unpaired) electrons. The van der Waals surface area contributed by atoms with Crippen LogP contribution in [0.3, 0.4) is 0 Å². The summed E-state index contributed by atoms with van der Waals surface area (Å²) in [5, 5.41) is 0. The molecule has 1 amide bonds. The van der Waals surface area contributed by atoms with Crippen LogP contribution < -0.4 is 10.6 Å². The van der Waals surface area contributed by atoms with Crippen molar-refractivity contribution in [3.05, 3.63) is 83.9 Å². The number of nitrogen functional groups attached to an aromatic ring is 1. The molecule has 0 spiro atoms. The summed E-state index contributed by atoms with van der Waals surface area (Å²) in [4.78, 5) is 19.2. The molecule has 4 rings (SSSR count). The fourth-order valence-corrected chi connectivity index (χ4v) is 3.46. The maximum atomic E-state index is 13.2. The molecule has 3 aromatic carbocycles. The molecule has 0 saturated heterocycles. The molecule has 4 aromatic rings. The summed E-state index contributed by atoms with van der Waals surface area (Å²) in [6.45, 7) is 0. The van der Waals surface area contributed by atoms with Crippen molar-refractivity contribution in [2.24, 2.45) is 0 Å². The number of hydrogen-bond donors (Lipinski definition) is 1. The lowest BCUT2D eigenvalue weighted by Crippen LogP contribution is -2.26. The van der Waals surface area contributed by atoms with Gasteiger partial charge in [0.05, 0.1) is 32.8 Å². The summed E-state index contributed by atoms with van der Waals surface area (Å²) >= 11 is 1.55. The Hall–Kier alpha value is -3.18. The average Bonchev–Trinajstić information content (AvgIpc) is 3.12. The molecule has 122 valence electrons. The van der Waals surface area contributed by atoms with Crippen molar-refractivity contribution in [1.29, 1.82) is 0 Å². The molecule has 1 heterocycles. The third-order valence-corrected chi connectivity index (χ3v) is 4.77. The SMILES string of the molecule is Nc1ccccc1N(C(=O)c1ccccc1)c1ccc2ncsc2c1. The molecular weight excluding hydrogens is 330 g/mol. The summed E-state index contributed by atoms with van der Waals surface area (Å²) < 4.78 is 1.03. The van der Waals surface area contributed by atoms with E-state index in [9.17, 15) is 4.79 Å². The van der Waals surface area contributed by atoms with Crippen molar-refractivity contribution in [2.45, 2.75) is 0 Å². The first kappa shape index (κ1) is 15.4. The van der Waals surface area contributed by atoms with Gasteiger partial charge in [0, 0.05) is 5.56 Å². The quantitative estimate of drug-likeness (QED) is 0.540. The Kier molecular flexibility index (Phi) is 3.91. The fourth-order valence-electron chi connectivity index (χ4n) is 2.75. The molecule has 0 bridgehead atoms. The van der Waals surface area contributed by atoms with Gasteiger partial charge in [-0.25, -0.2) is 4.98 Å². The first-order chi connectivity index (χ1) is 12.2. The number of nitrogens with zero attached hydrogens (tertiary/aromatic N) is 2. The molecule has 1 aromatic heterocycles. The van der Waals surface area contributed by atoms with Crippen molar-refractivity contribution < 1.29 is 4.79 Å². The molecule has 0 aliphatic carbocycles. The van der Waals surface area contributed by atoms with Crippen LogP contribution in [0.25, 0.3) is 10.2 Å². The second-order valence-electron chi connectivity index (χ2n) is 5.57. The Balaban J connectivity index is 1.89. The number of fused-ring (bicyclic) bond motifs is 1. The molecule has 0 aliphatic heterocycles. The smallest absolute Gasteiger partial charge is 0.262 e. The number of benzene rings is 3. The molecular formula is C20H15N3OS. The van der Waals surface area contributed by atoms with Gasteiger partial charge < -0.3 is 5.73 Å². The van der Waals surface area contributed by atoms with E-state index in [-0.39, 0.29) is 5.91 Å². The van der Waals surface area contributed by atoms with Crippen molar-refractivity contribution in [2.75, 3.05) is 10.6 Å². The summed E-state index contributed by atoms with van der Waals surface area (Å²) in [5.41, 5.74) is 11.5. The lowest BCUT2D eigenvalue weighted by atomic mass is 10.1. The number of amides is 1. The van der Waals surface area contributed by atoms with Crippen LogP contribution >= 0.6 is 11.3 Å². The molecule has 0 fully saturated rings. The number of anilines is 3. The Labute approximate surface area is 149 Å². The largest absolute Gasteiger partial charge is 0.397 e. The van der Waals surface area contributed by atoms with E-state index >= 15 is 0 Å². The van der Waals surface area contributed by atoms with E-state index in [2.05, 4.69) is 4.98 Å². The van der Waals surface area contributed by atoms with Gasteiger partial charge in [0.1, 0.15) is 0 Å². The van der Waals surface area contributed by atoms with E-state index in [0.717, 1.165) is 15.9 Å². The van der Waals surface area contributed by atoms with Crippen LogP contribution in [-0.2, 0) is 0 Å². The number of carbonyl (C=O) groups is 1. The number of thiazole rings is 1. The number of hydrogen-bond acceptors (Lipinski definition) is 4. The lowest BCUT2D eigenvalue weighted by molar-refractivity contribution is 0.0999. The van der Waals surface area contributed by atoms with E-state index in [0.29, 0.717) is 16.9 Å². The predicted molar refractivity (Wildman–Crippen MR) is 103 cm³/mol. The van der Waals surface area contributed by atoms with Gasteiger partial charge in [-0.05, 0) is 42.5 Å². The van der Waals surface area contributed by atoms with Gasteiger partial charge in [0.25, 0.3) is 5.91 Å². The minimum atomic E-state index is -0.123. The van der Waals surface area contributed by atoms with Gasteiger partial charge in [-0.2, -0.15) is 0 Å². The Morgan fingerprint density at radius 3 is 2.52 bits per heavy atom. The zero-order valence-corrected chi connectivity index (χ0v) is 14.1. The topological polar surface area (TPSA) is 59.2 Å². The minimum absolute atomic E-state index is 0.123. The van der Waals surface area contributed by atoms with Crippen LogP contribution in [0.2, 0.25) is 0 Å². The maximum Gasteiger partial charge on any atom is 0.262 e. The van der Waals surface area contributed by atoms with Crippen molar-refractivity contribution in [3.63, 3.8) is 0 Å².